The second-order valence-corrected chi connectivity index (χ2v) is 6.16. The minimum absolute atomic E-state index is 0.0828. The average molecular weight is 237 g/mol. The molecule has 0 saturated heterocycles. The zero-order chi connectivity index (χ0) is 12.1. The van der Waals surface area contributed by atoms with Gasteiger partial charge in [-0.25, -0.2) is 8.42 Å². The van der Waals surface area contributed by atoms with Crippen molar-refractivity contribution >= 4 is 15.8 Å². The fraction of sp³-hybridized carbons (Fsp3) is 0.889. The molecule has 15 heavy (non-hydrogen) atoms. The van der Waals surface area contributed by atoms with Crippen LogP contribution in [0.15, 0.2) is 0 Å². The van der Waals surface area contributed by atoms with Gasteiger partial charge in [-0.2, -0.15) is 0 Å². The summed E-state index contributed by atoms with van der Waals surface area (Å²) >= 11 is 0. The minimum Gasteiger partial charge on any atom is -0.480 e. The Morgan fingerprint density at radius 2 is 2.00 bits per heavy atom. The smallest absolute Gasteiger partial charge is 0.323 e. The van der Waals surface area contributed by atoms with Crippen LogP contribution in [0.5, 0.6) is 0 Å². The molecule has 0 saturated carbocycles. The van der Waals surface area contributed by atoms with E-state index in [0.29, 0.717) is 19.4 Å². The molecule has 0 heterocycles. The quantitative estimate of drug-likeness (QED) is 0.621. The molecule has 2 N–H and O–H groups in total. The highest BCUT2D eigenvalue weighted by molar-refractivity contribution is 7.90. The molecule has 0 aliphatic rings. The van der Waals surface area contributed by atoms with Crippen LogP contribution in [0.25, 0.3) is 0 Å². The van der Waals surface area contributed by atoms with Crippen LogP contribution >= 0.6 is 0 Å². The van der Waals surface area contributed by atoms with Crippen LogP contribution in [0.1, 0.15) is 26.7 Å². The molecule has 0 aromatic heterocycles. The first-order chi connectivity index (χ1) is 6.71. The third-order valence-electron chi connectivity index (χ3n) is 2.39. The summed E-state index contributed by atoms with van der Waals surface area (Å²) in [6.45, 7) is 3.76. The predicted octanol–water partition coefficient (Wildman–Crippen LogP) is 0.264. The van der Waals surface area contributed by atoms with Crippen molar-refractivity contribution in [3.8, 4) is 0 Å². The predicted molar refractivity (Wildman–Crippen MR) is 58.7 cm³/mol. The van der Waals surface area contributed by atoms with E-state index in [2.05, 4.69) is 5.32 Å². The Morgan fingerprint density at radius 1 is 1.47 bits per heavy atom. The largest absolute Gasteiger partial charge is 0.480 e. The SMILES string of the molecule is CCC(C)(NCCCS(C)(=O)=O)C(=O)O. The Labute approximate surface area is 90.8 Å². The topological polar surface area (TPSA) is 83.5 Å². The highest BCUT2D eigenvalue weighted by atomic mass is 32.2. The molecule has 0 fully saturated rings. The van der Waals surface area contributed by atoms with Gasteiger partial charge < -0.3 is 10.4 Å². The summed E-state index contributed by atoms with van der Waals surface area (Å²) in [5, 5.41) is 11.8. The third-order valence-corrected chi connectivity index (χ3v) is 3.42. The minimum atomic E-state index is -2.96. The van der Waals surface area contributed by atoms with E-state index in [-0.39, 0.29) is 5.75 Å². The van der Waals surface area contributed by atoms with Crippen molar-refractivity contribution in [2.45, 2.75) is 32.2 Å². The van der Waals surface area contributed by atoms with Crippen molar-refractivity contribution in [1.29, 1.82) is 0 Å². The van der Waals surface area contributed by atoms with Gasteiger partial charge in [-0.1, -0.05) is 6.92 Å². The number of sulfone groups is 1. The molecular weight excluding hydrogens is 218 g/mol. The summed E-state index contributed by atoms with van der Waals surface area (Å²) in [4.78, 5) is 10.9. The van der Waals surface area contributed by atoms with E-state index in [4.69, 9.17) is 5.11 Å². The monoisotopic (exact) mass is 237 g/mol. The Hall–Kier alpha value is -0.620. The van der Waals surface area contributed by atoms with Gasteiger partial charge in [-0.3, -0.25) is 4.79 Å². The summed E-state index contributed by atoms with van der Waals surface area (Å²) in [6, 6.07) is 0. The average Bonchev–Trinajstić information content (AvgIpc) is 2.10. The van der Waals surface area contributed by atoms with Gasteiger partial charge in [0.1, 0.15) is 15.4 Å². The first kappa shape index (κ1) is 14.4. The van der Waals surface area contributed by atoms with Crippen LogP contribution in [-0.2, 0) is 14.6 Å². The lowest BCUT2D eigenvalue weighted by atomic mass is 9.99. The van der Waals surface area contributed by atoms with Crippen molar-refractivity contribution in [2.75, 3.05) is 18.6 Å². The van der Waals surface area contributed by atoms with E-state index in [1.807, 2.05) is 0 Å². The number of hydrogen-bond acceptors (Lipinski definition) is 4. The van der Waals surface area contributed by atoms with E-state index in [1.54, 1.807) is 13.8 Å². The number of hydrogen-bond donors (Lipinski definition) is 2. The van der Waals surface area contributed by atoms with Crippen LogP contribution in [0.3, 0.4) is 0 Å². The highest BCUT2D eigenvalue weighted by Crippen LogP contribution is 2.08. The van der Waals surface area contributed by atoms with Gasteiger partial charge in [-0.05, 0) is 26.3 Å². The maximum atomic E-state index is 10.9. The number of aliphatic carboxylic acids is 1. The lowest BCUT2D eigenvalue weighted by Gasteiger charge is -2.24. The standard InChI is InChI=1S/C9H19NO4S/c1-4-9(2,8(11)12)10-6-5-7-15(3,13)14/h10H,4-7H2,1-3H3,(H,11,12). The van der Waals surface area contributed by atoms with Gasteiger partial charge in [0.05, 0.1) is 5.75 Å². The lowest BCUT2D eigenvalue weighted by Crippen LogP contribution is -2.49. The molecule has 1 unspecified atom stereocenters. The Balaban J connectivity index is 3.99. The number of carboxylic acids is 1. The normalized spacial score (nSPS) is 15.9. The molecule has 0 bridgehead atoms. The Kier molecular flexibility index (Phi) is 5.23. The molecule has 5 nitrogen and oxygen atoms in total. The zero-order valence-electron chi connectivity index (χ0n) is 9.41. The fourth-order valence-corrected chi connectivity index (χ4v) is 1.72. The van der Waals surface area contributed by atoms with Crippen molar-refractivity contribution in [3.63, 3.8) is 0 Å². The summed E-state index contributed by atoms with van der Waals surface area (Å²) < 4.78 is 21.6. The summed E-state index contributed by atoms with van der Waals surface area (Å²) in [7, 11) is -2.96. The fourth-order valence-electron chi connectivity index (χ4n) is 1.05. The summed E-state index contributed by atoms with van der Waals surface area (Å²) in [6.07, 6.45) is 2.06. The summed E-state index contributed by atoms with van der Waals surface area (Å²) in [5.41, 5.74) is -0.961. The maximum absolute atomic E-state index is 10.9. The van der Waals surface area contributed by atoms with Crippen LogP contribution < -0.4 is 5.32 Å². The number of nitrogens with one attached hydrogen (secondary N) is 1. The van der Waals surface area contributed by atoms with Crippen LogP contribution in [0.4, 0.5) is 0 Å². The molecule has 90 valence electrons. The maximum Gasteiger partial charge on any atom is 0.323 e. The van der Waals surface area contributed by atoms with Crippen LogP contribution in [-0.4, -0.2) is 43.6 Å². The summed E-state index contributed by atoms with van der Waals surface area (Å²) in [5.74, 6) is -0.830. The molecule has 0 aliphatic heterocycles. The third kappa shape index (κ3) is 5.74. The molecule has 0 aliphatic carbocycles. The van der Waals surface area contributed by atoms with Gasteiger partial charge in [0.2, 0.25) is 0 Å². The van der Waals surface area contributed by atoms with Gasteiger partial charge in [0.15, 0.2) is 0 Å². The van der Waals surface area contributed by atoms with E-state index in [1.165, 1.54) is 6.26 Å². The van der Waals surface area contributed by atoms with E-state index >= 15 is 0 Å². The van der Waals surface area contributed by atoms with Crippen molar-refractivity contribution in [3.05, 3.63) is 0 Å². The van der Waals surface area contributed by atoms with Crippen LogP contribution in [0, 0.1) is 0 Å². The second-order valence-electron chi connectivity index (χ2n) is 3.90. The molecule has 1 atom stereocenters. The highest BCUT2D eigenvalue weighted by Gasteiger charge is 2.29. The number of rotatable bonds is 7. The van der Waals surface area contributed by atoms with E-state index in [9.17, 15) is 13.2 Å². The zero-order valence-corrected chi connectivity index (χ0v) is 10.2. The Bertz CT molecular complexity index is 312. The van der Waals surface area contributed by atoms with Gasteiger partial charge >= 0.3 is 5.97 Å². The Morgan fingerprint density at radius 3 is 2.33 bits per heavy atom. The first-order valence-electron chi connectivity index (χ1n) is 4.87. The number of carbonyl (C=O) groups is 1. The molecule has 0 radical (unpaired) electrons. The van der Waals surface area contributed by atoms with Crippen molar-refractivity contribution < 1.29 is 18.3 Å². The molecule has 0 rings (SSSR count). The molecular formula is C9H19NO4S. The molecule has 0 amide bonds. The first-order valence-corrected chi connectivity index (χ1v) is 6.93. The van der Waals surface area contributed by atoms with Crippen LogP contribution in [0.2, 0.25) is 0 Å². The van der Waals surface area contributed by atoms with Gasteiger partial charge in [0, 0.05) is 6.26 Å². The number of carboxylic acid groups (broad SMARTS) is 1. The molecule has 0 aromatic carbocycles. The lowest BCUT2D eigenvalue weighted by molar-refractivity contribution is -0.144. The van der Waals surface area contributed by atoms with Crippen molar-refractivity contribution in [2.24, 2.45) is 0 Å². The van der Waals surface area contributed by atoms with Gasteiger partial charge in [-0.15, -0.1) is 0 Å². The van der Waals surface area contributed by atoms with E-state index in [0.717, 1.165) is 0 Å². The molecule has 6 heteroatoms. The second kappa shape index (κ2) is 5.46. The van der Waals surface area contributed by atoms with E-state index < -0.39 is 21.3 Å². The van der Waals surface area contributed by atoms with Crippen molar-refractivity contribution in [1.82, 2.24) is 5.32 Å². The molecule has 0 aromatic rings. The van der Waals surface area contributed by atoms with Gasteiger partial charge in [0.25, 0.3) is 0 Å². The molecule has 0 spiro atoms.